The van der Waals surface area contributed by atoms with Crippen molar-refractivity contribution in [3.63, 3.8) is 0 Å². The largest absolute Gasteiger partial charge is 0.478 e. The summed E-state index contributed by atoms with van der Waals surface area (Å²) >= 11 is 0. The number of amides is 1. The van der Waals surface area contributed by atoms with Crippen LogP contribution in [0.3, 0.4) is 0 Å². The van der Waals surface area contributed by atoms with Crippen molar-refractivity contribution in [1.82, 2.24) is 0 Å². The number of aryl methyl sites for hydroxylation is 1. The quantitative estimate of drug-likeness (QED) is 0.697. The van der Waals surface area contributed by atoms with Gasteiger partial charge in [-0.1, -0.05) is 0 Å². The zero-order chi connectivity index (χ0) is 16.2. The lowest BCUT2D eigenvalue weighted by atomic mass is 10.1. The number of sulfone groups is 1. The van der Waals surface area contributed by atoms with E-state index in [0.29, 0.717) is 11.3 Å². The van der Waals surface area contributed by atoms with Gasteiger partial charge < -0.3 is 16.2 Å². The lowest BCUT2D eigenvalue weighted by molar-refractivity contribution is -0.117. The number of benzene rings is 1. The van der Waals surface area contributed by atoms with Crippen molar-refractivity contribution in [2.24, 2.45) is 5.73 Å². The Kier molecular flexibility index (Phi) is 5.45. The molecule has 116 valence electrons. The zero-order valence-electron chi connectivity index (χ0n) is 11.8. The molecule has 0 spiro atoms. The Morgan fingerprint density at radius 3 is 2.48 bits per heavy atom. The summed E-state index contributed by atoms with van der Waals surface area (Å²) in [5, 5.41) is 11.4. The molecule has 8 heteroatoms. The fourth-order valence-corrected chi connectivity index (χ4v) is 2.32. The van der Waals surface area contributed by atoms with Crippen LogP contribution >= 0.6 is 0 Å². The van der Waals surface area contributed by atoms with E-state index in [0.717, 1.165) is 6.26 Å². The molecule has 0 saturated carbocycles. The number of hydrogen-bond acceptors (Lipinski definition) is 5. The fraction of sp³-hybridized carbons (Fsp3) is 0.385. The molecule has 0 saturated heterocycles. The topological polar surface area (TPSA) is 127 Å². The first-order chi connectivity index (χ1) is 9.60. The van der Waals surface area contributed by atoms with Crippen molar-refractivity contribution in [3.05, 3.63) is 29.3 Å². The number of carboxylic acids is 1. The molecule has 0 heterocycles. The summed E-state index contributed by atoms with van der Waals surface area (Å²) in [6, 6.07) is 3.32. The van der Waals surface area contributed by atoms with Crippen LogP contribution in [0.25, 0.3) is 0 Å². The Balaban J connectivity index is 2.72. The lowest BCUT2D eigenvalue weighted by Crippen LogP contribution is -2.37. The van der Waals surface area contributed by atoms with Crippen molar-refractivity contribution in [3.8, 4) is 0 Å². The average Bonchev–Trinajstić information content (AvgIpc) is 2.37. The van der Waals surface area contributed by atoms with Gasteiger partial charge in [0.1, 0.15) is 9.84 Å². The van der Waals surface area contributed by atoms with Gasteiger partial charge in [0.2, 0.25) is 5.91 Å². The summed E-state index contributed by atoms with van der Waals surface area (Å²) < 4.78 is 22.1. The van der Waals surface area contributed by atoms with E-state index >= 15 is 0 Å². The third-order valence-corrected chi connectivity index (χ3v) is 3.84. The minimum atomic E-state index is -3.17. The van der Waals surface area contributed by atoms with E-state index in [1.807, 2.05) is 0 Å². The van der Waals surface area contributed by atoms with E-state index in [2.05, 4.69) is 5.32 Å². The Morgan fingerprint density at radius 1 is 1.38 bits per heavy atom. The third-order valence-electron chi connectivity index (χ3n) is 2.87. The number of carbonyl (C=O) groups is 2. The molecule has 0 bridgehead atoms. The van der Waals surface area contributed by atoms with E-state index in [-0.39, 0.29) is 17.7 Å². The summed E-state index contributed by atoms with van der Waals surface area (Å²) in [7, 11) is -3.17. The fourth-order valence-electron chi connectivity index (χ4n) is 1.63. The van der Waals surface area contributed by atoms with Crippen LogP contribution in [0.4, 0.5) is 5.69 Å². The highest BCUT2D eigenvalue weighted by Gasteiger charge is 2.17. The van der Waals surface area contributed by atoms with Crippen LogP contribution < -0.4 is 11.1 Å². The molecule has 21 heavy (non-hydrogen) atoms. The molecule has 0 radical (unpaired) electrons. The number of carbonyl (C=O) groups excluding carboxylic acids is 1. The highest BCUT2D eigenvalue weighted by atomic mass is 32.2. The van der Waals surface area contributed by atoms with Crippen LogP contribution in [0, 0.1) is 6.92 Å². The van der Waals surface area contributed by atoms with Crippen molar-refractivity contribution in [1.29, 1.82) is 0 Å². The second kappa shape index (κ2) is 6.68. The Morgan fingerprint density at radius 2 is 2.00 bits per heavy atom. The highest BCUT2D eigenvalue weighted by molar-refractivity contribution is 7.90. The van der Waals surface area contributed by atoms with Crippen molar-refractivity contribution < 1.29 is 23.1 Å². The smallest absolute Gasteiger partial charge is 0.335 e. The highest BCUT2D eigenvalue weighted by Crippen LogP contribution is 2.17. The summed E-state index contributed by atoms with van der Waals surface area (Å²) in [6.45, 7) is 1.66. The SMILES string of the molecule is Cc1cc(C(=O)O)ccc1NC(=O)C(N)CCS(C)(=O)=O. The maximum absolute atomic E-state index is 11.9. The van der Waals surface area contributed by atoms with E-state index in [9.17, 15) is 18.0 Å². The molecule has 1 rings (SSSR count). The minimum Gasteiger partial charge on any atom is -0.478 e. The molecule has 1 aromatic rings. The van der Waals surface area contributed by atoms with E-state index in [1.54, 1.807) is 6.92 Å². The molecule has 4 N–H and O–H groups in total. The Hall–Kier alpha value is -1.93. The molecular formula is C13H18N2O5S. The minimum absolute atomic E-state index is 0.0247. The molecule has 1 amide bonds. The number of anilines is 1. The van der Waals surface area contributed by atoms with Crippen LogP contribution in [0.15, 0.2) is 18.2 Å². The first kappa shape index (κ1) is 17.1. The second-order valence-corrected chi connectivity index (χ2v) is 7.11. The zero-order valence-corrected chi connectivity index (χ0v) is 12.6. The van der Waals surface area contributed by atoms with Gasteiger partial charge in [0.25, 0.3) is 0 Å². The van der Waals surface area contributed by atoms with Gasteiger partial charge in [-0.3, -0.25) is 4.79 Å². The van der Waals surface area contributed by atoms with Gasteiger partial charge in [0.05, 0.1) is 17.4 Å². The summed E-state index contributed by atoms with van der Waals surface area (Å²) in [5.41, 5.74) is 6.77. The standard InChI is InChI=1S/C13H18N2O5S/c1-8-7-9(13(17)18)3-4-11(8)15-12(16)10(14)5-6-21(2,19)20/h3-4,7,10H,5-6,14H2,1-2H3,(H,15,16)(H,17,18). The maximum Gasteiger partial charge on any atom is 0.335 e. The third kappa shape index (κ3) is 5.52. The number of aromatic carboxylic acids is 1. The molecule has 1 unspecified atom stereocenters. The lowest BCUT2D eigenvalue weighted by Gasteiger charge is -2.13. The van der Waals surface area contributed by atoms with Crippen molar-refractivity contribution >= 4 is 27.4 Å². The number of nitrogens with two attached hydrogens (primary N) is 1. The van der Waals surface area contributed by atoms with Crippen LogP contribution in [0.2, 0.25) is 0 Å². The summed E-state index contributed by atoms with van der Waals surface area (Å²) in [6.07, 6.45) is 1.10. The van der Waals surface area contributed by atoms with E-state index < -0.39 is 27.8 Å². The second-order valence-electron chi connectivity index (χ2n) is 4.85. The number of carboxylic acid groups (broad SMARTS) is 1. The molecule has 1 aromatic carbocycles. The van der Waals surface area contributed by atoms with Crippen LogP contribution in [0.5, 0.6) is 0 Å². The Bertz CT molecular complexity index is 655. The summed E-state index contributed by atoms with van der Waals surface area (Å²) in [5.74, 6) is -1.73. The molecule has 0 aliphatic heterocycles. The number of hydrogen-bond donors (Lipinski definition) is 3. The van der Waals surface area contributed by atoms with Gasteiger partial charge in [-0.15, -0.1) is 0 Å². The molecule has 7 nitrogen and oxygen atoms in total. The monoisotopic (exact) mass is 314 g/mol. The van der Waals surface area contributed by atoms with Gasteiger partial charge in [0.15, 0.2) is 0 Å². The molecule has 0 aliphatic rings. The normalized spacial score (nSPS) is 12.7. The average molecular weight is 314 g/mol. The van der Waals surface area contributed by atoms with Crippen molar-refractivity contribution in [2.75, 3.05) is 17.3 Å². The van der Waals surface area contributed by atoms with Gasteiger partial charge in [0, 0.05) is 11.9 Å². The van der Waals surface area contributed by atoms with E-state index in [4.69, 9.17) is 10.8 Å². The molecule has 0 aromatic heterocycles. The van der Waals surface area contributed by atoms with Gasteiger partial charge >= 0.3 is 5.97 Å². The molecule has 0 aliphatic carbocycles. The van der Waals surface area contributed by atoms with Crippen molar-refractivity contribution in [2.45, 2.75) is 19.4 Å². The van der Waals surface area contributed by atoms with Crippen LogP contribution in [0.1, 0.15) is 22.3 Å². The molecular weight excluding hydrogens is 296 g/mol. The van der Waals surface area contributed by atoms with Gasteiger partial charge in [-0.05, 0) is 37.1 Å². The molecule has 0 fully saturated rings. The van der Waals surface area contributed by atoms with Crippen LogP contribution in [-0.2, 0) is 14.6 Å². The first-order valence-corrected chi connectivity index (χ1v) is 8.24. The first-order valence-electron chi connectivity index (χ1n) is 6.18. The maximum atomic E-state index is 11.9. The Labute approximate surface area is 123 Å². The summed E-state index contributed by atoms with van der Waals surface area (Å²) in [4.78, 5) is 22.7. The van der Waals surface area contributed by atoms with Gasteiger partial charge in [-0.25, -0.2) is 13.2 Å². The number of nitrogens with one attached hydrogen (secondary N) is 1. The van der Waals surface area contributed by atoms with Crippen LogP contribution in [-0.4, -0.2) is 43.5 Å². The predicted molar refractivity (Wildman–Crippen MR) is 79.1 cm³/mol. The van der Waals surface area contributed by atoms with Gasteiger partial charge in [-0.2, -0.15) is 0 Å². The predicted octanol–water partition coefficient (Wildman–Crippen LogP) is 0.394. The molecule has 1 atom stereocenters. The number of rotatable bonds is 6. The van der Waals surface area contributed by atoms with E-state index in [1.165, 1.54) is 18.2 Å².